The van der Waals surface area contributed by atoms with E-state index in [1.54, 1.807) is 0 Å². The summed E-state index contributed by atoms with van der Waals surface area (Å²) in [6.07, 6.45) is 2.04. The molecule has 0 aromatic carbocycles. The second-order valence-electron chi connectivity index (χ2n) is 5.27. The highest BCUT2D eigenvalue weighted by atomic mass is 35.5. The molecule has 1 heterocycles. The quantitative estimate of drug-likeness (QED) is 0.828. The lowest BCUT2D eigenvalue weighted by Gasteiger charge is -2.16. The van der Waals surface area contributed by atoms with Crippen LogP contribution in [0.2, 0.25) is 5.15 Å². The van der Waals surface area contributed by atoms with Crippen LogP contribution in [-0.2, 0) is 0 Å². The Morgan fingerprint density at radius 1 is 1.33 bits per heavy atom. The van der Waals surface area contributed by atoms with Crippen molar-refractivity contribution >= 4 is 17.4 Å². The van der Waals surface area contributed by atoms with Crippen LogP contribution >= 0.6 is 11.6 Å². The van der Waals surface area contributed by atoms with Crippen molar-refractivity contribution in [3.05, 3.63) is 16.5 Å². The average Bonchev–Trinajstić information content (AvgIpc) is 2.65. The molecular weight excluding hydrogens is 250 g/mol. The van der Waals surface area contributed by atoms with Gasteiger partial charge in [-0.05, 0) is 38.5 Å². The third-order valence-electron chi connectivity index (χ3n) is 3.82. The Bertz CT molecular complexity index is 438. The molecule has 1 aliphatic rings. The van der Waals surface area contributed by atoms with Crippen molar-refractivity contribution in [3.63, 3.8) is 0 Å². The highest BCUT2D eigenvalue weighted by Crippen LogP contribution is 2.33. The van der Waals surface area contributed by atoms with E-state index in [0.717, 1.165) is 24.2 Å². The van der Waals surface area contributed by atoms with Gasteiger partial charge in [-0.1, -0.05) is 18.5 Å². The molecule has 1 saturated carbocycles. The number of aryl methyl sites for hydroxylation is 1. The number of nitrogens with zero attached hydrogens (tertiary/aromatic N) is 2. The van der Waals surface area contributed by atoms with Crippen molar-refractivity contribution in [3.8, 4) is 0 Å². The molecule has 1 fully saturated rings. The summed E-state index contributed by atoms with van der Waals surface area (Å²) in [5.74, 6) is 2.44. The van der Waals surface area contributed by atoms with Crippen LogP contribution in [0, 0.1) is 25.7 Å². The fraction of sp³-hybridized carbons (Fsp3) is 0.692. The van der Waals surface area contributed by atoms with Crippen molar-refractivity contribution < 1.29 is 5.11 Å². The zero-order chi connectivity index (χ0) is 13.3. The highest BCUT2D eigenvalue weighted by molar-refractivity contribution is 6.30. The summed E-state index contributed by atoms with van der Waals surface area (Å²) in [5.41, 5.74) is 0.891. The zero-order valence-electron chi connectivity index (χ0n) is 11.1. The van der Waals surface area contributed by atoms with Gasteiger partial charge in [-0.25, -0.2) is 9.97 Å². The summed E-state index contributed by atoms with van der Waals surface area (Å²) in [6, 6.07) is 0.362. The Balaban J connectivity index is 2.11. The third kappa shape index (κ3) is 2.75. The Labute approximate surface area is 113 Å². The summed E-state index contributed by atoms with van der Waals surface area (Å²) in [7, 11) is 0. The predicted molar refractivity (Wildman–Crippen MR) is 72.9 cm³/mol. The Morgan fingerprint density at radius 2 is 2.06 bits per heavy atom. The molecule has 0 radical (unpaired) electrons. The van der Waals surface area contributed by atoms with Gasteiger partial charge in [0.25, 0.3) is 0 Å². The summed E-state index contributed by atoms with van der Waals surface area (Å²) in [4.78, 5) is 8.53. The van der Waals surface area contributed by atoms with E-state index in [1.165, 1.54) is 0 Å². The molecule has 2 N–H and O–H groups in total. The SMILES string of the molecule is Cc1nc(Cl)c(C)c(N[C@@H]2C[C@@H](CO)[C@@H](C)C2)n1. The van der Waals surface area contributed by atoms with E-state index in [9.17, 15) is 5.11 Å². The molecule has 0 spiro atoms. The molecule has 2 rings (SSSR count). The molecule has 1 aliphatic carbocycles. The largest absolute Gasteiger partial charge is 0.396 e. The van der Waals surface area contributed by atoms with Crippen molar-refractivity contribution in [2.24, 2.45) is 11.8 Å². The van der Waals surface area contributed by atoms with Crippen molar-refractivity contribution in [2.45, 2.75) is 39.7 Å². The first-order valence-electron chi connectivity index (χ1n) is 6.39. The molecule has 0 unspecified atom stereocenters. The first-order valence-corrected chi connectivity index (χ1v) is 6.77. The van der Waals surface area contributed by atoms with Crippen LogP contribution in [0.25, 0.3) is 0 Å². The van der Waals surface area contributed by atoms with E-state index in [-0.39, 0.29) is 6.61 Å². The number of hydrogen-bond acceptors (Lipinski definition) is 4. The van der Waals surface area contributed by atoms with E-state index < -0.39 is 0 Å². The molecule has 0 aliphatic heterocycles. The lowest BCUT2D eigenvalue weighted by molar-refractivity contribution is 0.201. The highest BCUT2D eigenvalue weighted by Gasteiger charge is 2.31. The number of aliphatic hydroxyl groups is 1. The summed E-state index contributed by atoms with van der Waals surface area (Å²) in [6.45, 7) is 6.21. The number of nitrogens with one attached hydrogen (secondary N) is 1. The maximum atomic E-state index is 9.29. The Hall–Kier alpha value is -0.870. The summed E-state index contributed by atoms with van der Waals surface area (Å²) >= 11 is 6.06. The topological polar surface area (TPSA) is 58.0 Å². The van der Waals surface area contributed by atoms with Crippen LogP contribution in [0.15, 0.2) is 0 Å². The molecule has 18 heavy (non-hydrogen) atoms. The second kappa shape index (κ2) is 5.41. The number of anilines is 1. The van der Waals surface area contributed by atoms with Gasteiger partial charge in [0, 0.05) is 18.2 Å². The maximum absolute atomic E-state index is 9.29. The van der Waals surface area contributed by atoms with Crippen molar-refractivity contribution in [2.75, 3.05) is 11.9 Å². The second-order valence-corrected chi connectivity index (χ2v) is 5.63. The van der Waals surface area contributed by atoms with E-state index >= 15 is 0 Å². The monoisotopic (exact) mass is 269 g/mol. The molecular formula is C13H20ClN3O. The standard InChI is InChI=1S/C13H20ClN3O/c1-7-4-11(5-10(7)6-18)17-13-8(2)12(14)15-9(3)16-13/h7,10-11,18H,4-6H2,1-3H3,(H,15,16,17)/t7-,10-,11-/m0/s1. The van der Waals surface area contributed by atoms with E-state index in [4.69, 9.17) is 11.6 Å². The third-order valence-corrected chi connectivity index (χ3v) is 4.19. The molecule has 3 atom stereocenters. The number of aromatic nitrogens is 2. The molecule has 1 aromatic rings. The molecule has 1 aromatic heterocycles. The summed E-state index contributed by atoms with van der Waals surface area (Å²) in [5, 5.41) is 13.2. The fourth-order valence-electron chi connectivity index (χ4n) is 2.64. The molecule has 0 bridgehead atoms. The molecule has 0 saturated heterocycles. The van der Waals surface area contributed by atoms with Crippen molar-refractivity contribution in [1.29, 1.82) is 0 Å². The van der Waals surface area contributed by atoms with Gasteiger partial charge in [-0.2, -0.15) is 0 Å². The van der Waals surface area contributed by atoms with Crippen LogP contribution in [0.3, 0.4) is 0 Å². The van der Waals surface area contributed by atoms with Crippen LogP contribution in [0.1, 0.15) is 31.2 Å². The minimum atomic E-state index is 0.266. The normalized spacial score (nSPS) is 27.5. The lowest BCUT2D eigenvalue weighted by Crippen LogP contribution is -2.18. The van der Waals surface area contributed by atoms with E-state index in [0.29, 0.717) is 28.9 Å². The maximum Gasteiger partial charge on any atom is 0.137 e. The van der Waals surface area contributed by atoms with Gasteiger partial charge >= 0.3 is 0 Å². The Kier molecular flexibility index (Phi) is 4.07. The fourth-order valence-corrected chi connectivity index (χ4v) is 2.85. The van der Waals surface area contributed by atoms with E-state index in [1.807, 2.05) is 13.8 Å². The predicted octanol–water partition coefficient (Wildman–Crippen LogP) is 2.57. The van der Waals surface area contributed by atoms with Gasteiger partial charge in [-0.15, -0.1) is 0 Å². The minimum absolute atomic E-state index is 0.266. The Morgan fingerprint density at radius 3 is 2.67 bits per heavy atom. The minimum Gasteiger partial charge on any atom is -0.396 e. The number of halogens is 1. The lowest BCUT2D eigenvalue weighted by atomic mass is 10.00. The van der Waals surface area contributed by atoms with E-state index in [2.05, 4.69) is 22.2 Å². The number of aliphatic hydroxyl groups excluding tert-OH is 1. The van der Waals surface area contributed by atoms with Gasteiger partial charge in [0.05, 0.1) is 0 Å². The first-order chi connectivity index (χ1) is 8.51. The zero-order valence-corrected chi connectivity index (χ0v) is 11.8. The van der Waals surface area contributed by atoms with Gasteiger partial charge < -0.3 is 10.4 Å². The smallest absolute Gasteiger partial charge is 0.137 e. The van der Waals surface area contributed by atoms with Crippen molar-refractivity contribution in [1.82, 2.24) is 9.97 Å². The summed E-state index contributed by atoms with van der Waals surface area (Å²) < 4.78 is 0. The average molecular weight is 270 g/mol. The van der Waals surface area contributed by atoms with Gasteiger partial charge in [-0.3, -0.25) is 0 Å². The van der Waals surface area contributed by atoms with Crippen LogP contribution in [0.4, 0.5) is 5.82 Å². The van der Waals surface area contributed by atoms with Crippen LogP contribution in [-0.4, -0.2) is 27.7 Å². The number of rotatable bonds is 3. The van der Waals surface area contributed by atoms with Gasteiger partial charge in [0.15, 0.2) is 0 Å². The van der Waals surface area contributed by atoms with Crippen LogP contribution in [0.5, 0.6) is 0 Å². The molecule has 0 amide bonds. The number of hydrogen-bond donors (Lipinski definition) is 2. The molecule has 100 valence electrons. The molecule has 4 nitrogen and oxygen atoms in total. The van der Waals surface area contributed by atoms with Crippen LogP contribution < -0.4 is 5.32 Å². The molecule has 5 heteroatoms. The van der Waals surface area contributed by atoms with Gasteiger partial charge in [0.1, 0.15) is 16.8 Å². The first kappa shape index (κ1) is 13.6. The van der Waals surface area contributed by atoms with Gasteiger partial charge in [0.2, 0.25) is 0 Å².